The Hall–Kier alpha value is -1.56. The molecule has 1 aromatic rings. The maximum Gasteiger partial charge on any atom is 0.259 e. The first-order valence-corrected chi connectivity index (χ1v) is 6.12. The number of nitrogens with zero attached hydrogens (tertiary/aromatic N) is 1. The molecule has 0 spiro atoms. The van der Waals surface area contributed by atoms with Crippen LogP contribution in [0.25, 0.3) is 0 Å². The summed E-state index contributed by atoms with van der Waals surface area (Å²) in [5.74, 6) is -4.15. The Kier molecular flexibility index (Phi) is 4.09. The van der Waals surface area contributed by atoms with Crippen molar-refractivity contribution in [3.8, 4) is 0 Å². The molecule has 1 aliphatic rings. The van der Waals surface area contributed by atoms with Crippen molar-refractivity contribution >= 4 is 5.91 Å². The number of hydrogen-bond donors (Lipinski definition) is 1. The van der Waals surface area contributed by atoms with Gasteiger partial charge in [0, 0.05) is 31.8 Å². The van der Waals surface area contributed by atoms with E-state index in [1.54, 1.807) is 0 Å². The number of halogens is 3. The van der Waals surface area contributed by atoms with Crippen molar-refractivity contribution < 1.29 is 18.0 Å². The molecule has 1 N–H and O–H groups in total. The molecule has 3 nitrogen and oxygen atoms in total. The maximum atomic E-state index is 13.5. The molecule has 104 valence electrons. The highest BCUT2D eigenvalue weighted by molar-refractivity contribution is 5.94. The second kappa shape index (κ2) is 5.61. The van der Waals surface area contributed by atoms with Crippen LogP contribution in [0.15, 0.2) is 12.1 Å². The molecule has 0 bridgehead atoms. The first-order chi connectivity index (χ1) is 8.99. The summed E-state index contributed by atoms with van der Waals surface area (Å²) in [6.07, 6.45) is 1.94. The van der Waals surface area contributed by atoms with Crippen molar-refractivity contribution in [3.63, 3.8) is 0 Å². The van der Waals surface area contributed by atoms with Crippen LogP contribution in [0.4, 0.5) is 13.2 Å². The topological polar surface area (TPSA) is 32.3 Å². The summed E-state index contributed by atoms with van der Waals surface area (Å²) in [5.41, 5.74) is -0.707. The van der Waals surface area contributed by atoms with Crippen LogP contribution in [0.5, 0.6) is 0 Å². The summed E-state index contributed by atoms with van der Waals surface area (Å²) >= 11 is 0. The summed E-state index contributed by atoms with van der Waals surface area (Å²) in [6, 6.07) is 1.16. The van der Waals surface area contributed by atoms with Crippen molar-refractivity contribution in [2.24, 2.45) is 0 Å². The molecule has 6 heteroatoms. The lowest BCUT2D eigenvalue weighted by atomic mass is 10.1. The van der Waals surface area contributed by atoms with E-state index >= 15 is 0 Å². The molecule has 1 unspecified atom stereocenters. The minimum atomic E-state index is -1.17. The molecule has 1 amide bonds. The Labute approximate surface area is 109 Å². The minimum Gasteiger partial charge on any atom is -0.340 e. The van der Waals surface area contributed by atoms with Crippen LogP contribution in [0, 0.1) is 17.5 Å². The zero-order valence-corrected chi connectivity index (χ0v) is 10.5. The van der Waals surface area contributed by atoms with Gasteiger partial charge in [0.1, 0.15) is 23.0 Å². The zero-order valence-electron chi connectivity index (χ0n) is 10.5. The molecule has 1 aromatic carbocycles. The van der Waals surface area contributed by atoms with E-state index in [2.05, 4.69) is 5.32 Å². The molecule has 19 heavy (non-hydrogen) atoms. The second-order valence-electron chi connectivity index (χ2n) is 4.72. The number of benzene rings is 1. The predicted molar refractivity (Wildman–Crippen MR) is 64.3 cm³/mol. The van der Waals surface area contributed by atoms with E-state index in [-0.39, 0.29) is 6.04 Å². The lowest BCUT2D eigenvalue weighted by Gasteiger charge is -2.21. The predicted octanol–water partition coefficient (Wildman–Crippen LogP) is 1.93. The van der Waals surface area contributed by atoms with E-state index < -0.39 is 28.9 Å². The van der Waals surface area contributed by atoms with Gasteiger partial charge in [0.25, 0.3) is 5.91 Å². The fourth-order valence-corrected chi connectivity index (χ4v) is 2.26. The summed E-state index contributed by atoms with van der Waals surface area (Å²) in [6.45, 7) is 1.25. The van der Waals surface area contributed by atoms with Crippen LogP contribution in [-0.4, -0.2) is 37.0 Å². The second-order valence-corrected chi connectivity index (χ2v) is 4.72. The number of rotatable bonds is 3. The molecule has 1 saturated heterocycles. The van der Waals surface area contributed by atoms with Gasteiger partial charge >= 0.3 is 0 Å². The average Bonchev–Trinajstić information content (AvgIpc) is 2.80. The third-order valence-electron chi connectivity index (χ3n) is 3.22. The van der Waals surface area contributed by atoms with E-state index in [1.807, 2.05) is 0 Å². The SMILES string of the molecule is CN(CC1CCCN1)C(=O)c1c(F)cc(F)cc1F. The highest BCUT2D eigenvalue weighted by atomic mass is 19.1. The van der Waals surface area contributed by atoms with Crippen LogP contribution in [0.3, 0.4) is 0 Å². The molecule has 2 rings (SSSR count). The van der Waals surface area contributed by atoms with Crippen molar-refractivity contribution in [3.05, 3.63) is 35.1 Å². The van der Waals surface area contributed by atoms with Crippen LogP contribution >= 0.6 is 0 Å². The normalized spacial score (nSPS) is 18.6. The quantitative estimate of drug-likeness (QED) is 0.912. The Morgan fingerprint density at radius 2 is 2.00 bits per heavy atom. The first kappa shape index (κ1) is 13.9. The van der Waals surface area contributed by atoms with Gasteiger partial charge < -0.3 is 10.2 Å². The van der Waals surface area contributed by atoms with Crippen LogP contribution in [0.1, 0.15) is 23.2 Å². The summed E-state index contributed by atoms with van der Waals surface area (Å²) < 4.78 is 39.8. The first-order valence-electron chi connectivity index (χ1n) is 6.12. The molecular weight excluding hydrogens is 257 g/mol. The molecule has 1 heterocycles. The van der Waals surface area contributed by atoms with Gasteiger partial charge in [-0.2, -0.15) is 0 Å². The van der Waals surface area contributed by atoms with Crippen molar-refractivity contribution in [2.75, 3.05) is 20.1 Å². The van der Waals surface area contributed by atoms with Crippen molar-refractivity contribution in [1.82, 2.24) is 10.2 Å². The standard InChI is InChI=1S/C13H15F3N2O/c1-18(7-9-3-2-4-17-9)13(19)12-10(15)5-8(14)6-11(12)16/h5-6,9,17H,2-4,7H2,1H3. The highest BCUT2D eigenvalue weighted by Gasteiger charge is 2.24. The van der Waals surface area contributed by atoms with E-state index in [0.717, 1.165) is 19.4 Å². The van der Waals surface area contributed by atoms with Crippen LogP contribution in [0.2, 0.25) is 0 Å². The number of amides is 1. The average molecular weight is 272 g/mol. The van der Waals surface area contributed by atoms with Gasteiger partial charge in [-0.1, -0.05) is 0 Å². The van der Waals surface area contributed by atoms with Gasteiger partial charge in [-0.25, -0.2) is 13.2 Å². The summed E-state index contributed by atoms with van der Waals surface area (Å²) in [7, 11) is 1.48. The third kappa shape index (κ3) is 3.07. The molecule has 0 aromatic heterocycles. The Morgan fingerprint density at radius 3 is 2.53 bits per heavy atom. The zero-order chi connectivity index (χ0) is 14.0. The van der Waals surface area contributed by atoms with Crippen LogP contribution < -0.4 is 5.32 Å². The lowest BCUT2D eigenvalue weighted by Crippen LogP contribution is -2.39. The smallest absolute Gasteiger partial charge is 0.259 e. The Balaban J connectivity index is 2.14. The number of carbonyl (C=O) groups excluding carboxylic acids is 1. The number of nitrogens with one attached hydrogen (secondary N) is 1. The fraction of sp³-hybridized carbons (Fsp3) is 0.462. The number of hydrogen-bond acceptors (Lipinski definition) is 2. The van der Waals surface area contributed by atoms with Gasteiger partial charge in [-0.05, 0) is 19.4 Å². The van der Waals surface area contributed by atoms with Crippen LogP contribution in [-0.2, 0) is 0 Å². The van der Waals surface area contributed by atoms with Gasteiger partial charge in [-0.15, -0.1) is 0 Å². The molecule has 0 radical (unpaired) electrons. The summed E-state index contributed by atoms with van der Waals surface area (Å²) in [5, 5.41) is 3.19. The van der Waals surface area contributed by atoms with E-state index in [0.29, 0.717) is 18.7 Å². The molecule has 1 fully saturated rings. The maximum absolute atomic E-state index is 13.5. The van der Waals surface area contributed by atoms with Gasteiger partial charge in [0.05, 0.1) is 0 Å². The largest absolute Gasteiger partial charge is 0.340 e. The van der Waals surface area contributed by atoms with E-state index in [4.69, 9.17) is 0 Å². The third-order valence-corrected chi connectivity index (χ3v) is 3.22. The van der Waals surface area contributed by atoms with Gasteiger partial charge in [-0.3, -0.25) is 4.79 Å². The monoisotopic (exact) mass is 272 g/mol. The Bertz CT molecular complexity index is 464. The highest BCUT2D eigenvalue weighted by Crippen LogP contribution is 2.17. The molecule has 0 saturated carbocycles. The van der Waals surface area contributed by atoms with Crippen molar-refractivity contribution in [2.45, 2.75) is 18.9 Å². The lowest BCUT2D eigenvalue weighted by molar-refractivity contribution is 0.0774. The van der Waals surface area contributed by atoms with E-state index in [1.165, 1.54) is 11.9 Å². The van der Waals surface area contributed by atoms with E-state index in [9.17, 15) is 18.0 Å². The van der Waals surface area contributed by atoms with Crippen molar-refractivity contribution in [1.29, 1.82) is 0 Å². The molecule has 1 atom stereocenters. The van der Waals surface area contributed by atoms with Gasteiger partial charge in [0.2, 0.25) is 0 Å². The molecule has 0 aliphatic carbocycles. The minimum absolute atomic E-state index is 0.139. The molecule has 1 aliphatic heterocycles. The number of carbonyl (C=O) groups is 1. The summed E-state index contributed by atoms with van der Waals surface area (Å²) in [4.78, 5) is 13.2. The molecular formula is C13H15F3N2O. The Morgan fingerprint density at radius 1 is 1.37 bits per heavy atom. The number of likely N-dealkylation sites (N-methyl/N-ethyl adjacent to an activating group) is 1. The van der Waals surface area contributed by atoms with Gasteiger partial charge in [0.15, 0.2) is 0 Å². The fourth-order valence-electron chi connectivity index (χ4n) is 2.26.